The van der Waals surface area contributed by atoms with Crippen LogP contribution in [0.15, 0.2) is 72.8 Å². The van der Waals surface area contributed by atoms with Gasteiger partial charge in [0.15, 0.2) is 0 Å². The topological polar surface area (TPSA) is 68.2 Å². The lowest BCUT2D eigenvalue weighted by molar-refractivity contribution is -0.116. The van der Waals surface area contributed by atoms with Crippen molar-refractivity contribution >= 4 is 28.6 Å². The normalized spacial score (nSPS) is 10.7. The maximum atomic E-state index is 12.9. The Kier molecular flexibility index (Phi) is 5.66. The van der Waals surface area contributed by atoms with Gasteiger partial charge in [-0.3, -0.25) is 4.79 Å². The van der Waals surface area contributed by atoms with Gasteiger partial charge in [-0.15, -0.1) is 0 Å². The zero-order chi connectivity index (χ0) is 20.9. The highest BCUT2D eigenvalue weighted by Gasteiger charge is 2.15. The number of para-hydroxylation sites is 2. The summed E-state index contributed by atoms with van der Waals surface area (Å²) >= 11 is 0. The van der Waals surface area contributed by atoms with E-state index in [1.165, 1.54) is 0 Å². The van der Waals surface area contributed by atoms with E-state index in [9.17, 15) is 4.79 Å². The van der Waals surface area contributed by atoms with Gasteiger partial charge in [0.25, 0.3) is 0 Å². The zero-order valence-corrected chi connectivity index (χ0v) is 17.1. The van der Waals surface area contributed by atoms with Gasteiger partial charge in [0, 0.05) is 6.54 Å². The molecule has 1 aromatic heterocycles. The first-order valence-corrected chi connectivity index (χ1v) is 9.81. The van der Waals surface area contributed by atoms with Crippen LogP contribution in [-0.4, -0.2) is 22.6 Å². The first kappa shape index (κ1) is 19.5. The number of fused-ring (bicyclic) bond motifs is 1. The maximum absolute atomic E-state index is 12.9. The predicted octanol–water partition coefficient (Wildman–Crippen LogP) is 4.60. The molecule has 0 radical (unpaired) electrons. The third kappa shape index (κ3) is 4.27. The number of amides is 1. The summed E-state index contributed by atoms with van der Waals surface area (Å²) in [4.78, 5) is 17.6. The van der Waals surface area contributed by atoms with Crippen molar-refractivity contribution in [1.29, 1.82) is 0 Å². The van der Waals surface area contributed by atoms with Gasteiger partial charge in [0.2, 0.25) is 11.9 Å². The van der Waals surface area contributed by atoms with E-state index in [2.05, 4.69) is 27.8 Å². The third-order valence-corrected chi connectivity index (χ3v) is 4.88. The summed E-state index contributed by atoms with van der Waals surface area (Å²) in [6.07, 6.45) is 0. The van der Waals surface area contributed by atoms with Crippen molar-refractivity contribution < 1.29 is 9.53 Å². The van der Waals surface area contributed by atoms with Gasteiger partial charge in [-0.1, -0.05) is 48.5 Å². The summed E-state index contributed by atoms with van der Waals surface area (Å²) in [7, 11) is 1.59. The molecule has 4 aromatic rings. The van der Waals surface area contributed by atoms with Gasteiger partial charge in [0.05, 0.1) is 23.8 Å². The monoisotopic (exact) mass is 400 g/mol. The highest BCUT2D eigenvalue weighted by Crippen LogP contribution is 2.26. The Bertz CT molecular complexity index is 1170. The summed E-state index contributed by atoms with van der Waals surface area (Å²) in [6, 6.07) is 23.6. The number of aromatic nitrogens is 2. The third-order valence-electron chi connectivity index (χ3n) is 4.88. The molecule has 0 aliphatic heterocycles. The number of hydrogen-bond donors (Lipinski definition) is 2. The fraction of sp³-hybridized carbons (Fsp3) is 0.167. The van der Waals surface area contributed by atoms with Crippen LogP contribution in [0.25, 0.3) is 11.0 Å². The molecule has 0 aliphatic carbocycles. The molecule has 3 aromatic carbocycles. The number of hydrogen-bond acceptors (Lipinski definition) is 4. The van der Waals surface area contributed by atoms with Crippen LogP contribution in [0.4, 0.5) is 11.6 Å². The Labute approximate surface area is 175 Å². The summed E-state index contributed by atoms with van der Waals surface area (Å²) in [5, 5.41) is 6.33. The van der Waals surface area contributed by atoms with Gasteiger partial charge in [-0.05, 0) is 42.3 Å². The van der Waals surface area contributed by atoms with Crippen LogP contribution in [0.1, 0.15) is 11.1 Å². The van der Waals surface area contributed by atoms with Crippen LogP contribution in [0.2, 0.25) is 0 Å². The lowest BCUT2D eigenvalue weighted by atomic mass is 10.2. The minimum absolute atomic E-state index is 0.134. The van der Waals surface area contributed by atoms with Crippen LogP contribution in [0, 0.1) is 6.92 Å². The van der Waals surface area contributed by atoms with Crippen molar-refractivity contribution in [3.63, 3.8) is 0 Å². The molecule has 0 aliphatic rings. The summed E-state index contributed by atoms with van der Waals surface area (Å²) in [5.74, 6) is 1.14. The smallest absolute Gasteiger partial charge is 0.244 e. The number of carbonyl (C=O) groups excluding carboxylic acids is 1. The van der Waals surface area contributed by atoms with Crippen molar-refractivity contribution in [2.45, 2.75) is 20.0 Å². The minimum atomic E-state index is -0.148. The average Bonchev–Trinajstić information content (AvgIpc) is 3.10. The van der Waals surface area contributed by atoms with Gasteiger partial charge < -0.3 is 19.9 Å². The van der Waals surface area contributed by atoms with Crippen LogP contribution in [-0.2, 0) is 17.9 Å². The number of imidazole rings is 1. The molecular formula is C24H24N4O2. The van der Waals surface area contributed by atoms with E-state index in [0.717, 1.165) is 22.2 Å². The molecule has 0 saturated carbocycles. The van der Waals surface area contributed by atoms with Gasteiger partial charge in [0.1, 0.15) is 12.3 Å². The minimum Gasteiger partial charge on any atom is -0.495 e. The molecule has 4 rings (SSSR count). The van der Waals surface area contributed by atoms with Gasteiger partial charge >= 0.3 is 0 Å². The molecule has 6 heteroatoms. The molecule has 0 spiro atoms. The first-order chi connectivity index (χ1) is 14.6. The molecule has 0 bridgehead atoms. The first-order valence-electron chi connectivity index (χ1n) is 9.81. The van der Waals surface area contributed by atoms with E-state index in [4.69, 9.17) is 4.74 Å². The second-order valence-corrected chi connectivity index (χ2v) is 7.10. The molecule has 6 nitrogen and oxygen atoms in total. The Morgan fingerprint density at radius 3 is 2.60 bits per heavy atom. The molecule has 0 saturated heterocycles. The standard InChI is InChI=1S/C24H24N4O2/c1-17-12-13-22(30-2)20(14-17)26-23(29)16-28-21-11-7-6-10-19(21)27-24(28)25-15-18-8-4-3-5-9-18/h3-14H,15-16H2,1-2H3,(H,25,27)(H,26,29). The number of nitrogens with one attached hydrogen (secondary N) is 2. The molecule has 0 unspecified atom stereocenters. The largest absolute Gasteiger partial charge is 0.495 e. The van der Waals surface area contributed by atoms with Gasteiger partial charge in [-0.25, -0.2) is 4.98 Å². The number of ether oxygens (including phenoxy) is 1. The molecule has 2 N–H and O–H groups in total. The summed E-state index contributed by atoms with van der Waals surface area (Å²) < 4.78 is 7.27. The lowest BCUT2D eigenvalue weighted by Gasteiger charge is -2.13. The fourth-order valence-corrected chi connectivity index (χ4v) is 3.40. The second-order valence-electron chi connectivity index (χ2n) is 7.10. The second kappa shape index (κ2) is 8.69. The number of benzene rings is 3. The zero-order valence-electron chi connectivity index (χ0n) is 17.1. The summed E-state index contributed by atoms with van der Waals surface area (Å²) in [5.41, 5.74) is 4.59. The number of rotatable bonds is 7. The van der Waals surface area contributed by atoms with Crippen molar-refractivity contribution in [1.82, 2.24) is 9.55 Å². The van der Waals surface area contributed by atoms with Crippen LogP contribution >= 0.6 is 0 Å². The van der Waals surface area contributed by atoms with E-state index >= 15 is 0 Å². The van der Waals surface area contributed by atoms with E-state index < -0.39 is 0 Å². The van der Waals surface area contributed by atoms with Crippen LogP contribution < -0.4 is 15.4 Å². The number of aryl methyl sites for hydroxylation is 1. The Hall–Kier alpha value is -3.80. The van der Waals surface area contributed by atoms with E-state index in [1.807, 2.05) is 72.2 Å². The quantitative estimate of drug-likeness (QED) is 0.476. The SMILES string of the molecule is COc1ccc(C)cc1NC(=O)Cn1c(NCc2ccccc2)nc2ccccc21. The fourth-order valence-electron chi connectivity index (χ4n) is 3.40. The highest BCUT2D eigenvalue weighted by molar-refractivity contribution is 5.93. The number of anilines is 2. The van der Waals surface area contributed by atoms with Crippen molar-refractivity contribution in [3.8, 4) is 5.75 Å². The average molecular weight is 400 g/mol. The maximum Gasteiger partial charge on any atom is 0.244 e. The molecular weight excluding hydrogens is 376 g/mol. The van der Waals surface area contributed by atoms with Crippen LogP contribution in [0.3, 0.4) is 0 Å². The Morgan fingerprint density at radius 1 is 1.03 bits per heavy atom. The molecule has 0 atom stereocenters. The van der Waals surface area contributed by atoms with Crippen molar-refractivity contribution in [2.24, 2.45) is 0 Å². The highest BCUT2D eigenvalue weighted by atomic mass is 16.5. The number of carbonyl (C=O) groups is 1. The van der Waals surface area contributed by atoms with Crippen LogP contribution in [0.5, 0.6) is 5.75 Å². The molecule has 30 heavy (non-hydrogen) atoms. The van der Waals surface area contributed by atoms with E-state index in [0.29, 0.717) is 23.9 Å². The number of methoxy groups -OCH3 is 1. The van der Waals surface area contributed by atoms with E-state index in [-0.39, 0.29) is 12.5 Å². The summed E-state index contributed by atoms with van der Waals surface area (Å²) in [6.45, 7) is 2.73. The molecule has 1 heterocycles. The molecule has 152 valence electrons. The Morgan fingerprint density at radius 2 is 1.80 bits per heavy atom. The molecule has 0 fully saturated rings. The Balaban J connectivity index is 1.58. The lowest BCUT2D eigenvalue weighted by Crippen LogP contribution is -2.20. The van der Waals surface area contributed by atoms with E-state index in [1.54, 1.807) is 7.11 Å². The molecule has 1 amide bonds. The predicted molar refractivity (Wildman–Crippen MR) is 120 cm³/mol. The van der Waals surface area contributed by atoms with Crippen molar-refractivity contribution in [3.05, 3.63) is 83.9 Å². The number of nitrogens with zero attached hydrogens (tertiary/aromatic N) is 2. The van der Waals surface area contributed by atoms with Gasteiger partial charge in [-0.2, -0.15) is 0 Å². The van der Waals surface area contributed by atoms with Crippen molar-refractivity contribution in [2.75, 3.05) is 17.7 Å².